The molecule has 0 saturated carbocycles. The molecule has 3 rings (SSSR count). The maximum absolute atomic E-state index is 14.0. The molecule has 0 aliphatic rings. The molecule has 3 aromatic rings. The lowest BCUT2D eigenvalue weighted by Crippen LogP contribution is -2.00. The van der Waals surface area contributed by atoms with Gasteiger partial charge in [-0.15, -0.1) is 0 Å². The average molecular weight is 385 g/mol. The summed E-state index contributed by atoms with van der Waals surface area (Å²) in [5, 5.41) is 10.6. The highest BCUT2D eigenvalue weighted by Gasteiger charge is 2.14. The van der Waals surface area contributed by atoms with E-state index in [1.54, 1.807) is 36.4 Å². The monoisotopic (exact) mass is 384 g/mol. The highest BCUT2D eigenvalue weighted by Crippen LogP contribution is 2.30. The molecule has 0 radical (unpaired) electrons. The molecule has 2 aromatic carbocycles. The summed E-state index contributed by atoms with van der Waals surface area (Å²) in [4.78, 5) is 0. The number of hydrogen-bond donors (Lipinski definition) is 0. The van der Waals surface area contributed by atoms with Gasteiger partial charge in [-0.25, -0.2) is 4.39 Å². The average Bonchev–Trinajstić information content (AvgIpc) is 2.88. The predicted octanol–water partition coefficient (Wildman–Crippen LogP) is 6.60. The molecule has 0 bridgehead atoms. The zero-order chi connectivity index (χ0) is 18.8. The molecule has 2 nitrogen and oxygen atoms in total. The Hall–Kier alpha value is -2.54. The molecule has 0 unspecified atom stereocenters. The van der Waals surface area contributed by atoms with Gasteiger partial charge in [0.05, 0.1) is 22.4 Å². The quantitative estimate of drug-likeness (QED) is 0.467. The maximum atomic E-state index is 14.0. The van der Waals surface area contributed by atoms with Crippen LogP contribution in [0.5, 0.6) is 0 Å². The predicted molar refractivity (Wildman–Crippen MR) is 105 cm³/mol. The molecule has 0 saturated heterocycles. The standard InChI is InChI=1S/C21H15Cl2FN2/c1-13-9-15(10-16(12-25)18-5-3-4-6-20(18)24)14(2)26(13)21-8-7-17(22)11-19(21)23/h3-11H,1-2H3/b16-10-. The van der Waals surface area contributed by atoms with E-state index in [4.69, 9.17) is 23.2 Å². The SMILES string of the molecule is Cc1cc(/C=C(/C#N)c2ccccc2F)c(C)n1-c1ccc(Cl)cc1Cl. The van der Waals surface area contributed by atoms with Crippen molar-refractivity contribution in [3.8, 4) is 11.8 Å². The van der Waals surface area contributed by atoms with Crippen LogP contribution in [0.15, 0.2) is 48.5 Å². The molecule has 0 aliphatic carbocycles. The van der Waals surface area contributed by atoms with Crippen LogP contribution in [0.1, 0.15) is 22.5 Å². The Bertz CT molecular complexity index is 1060. The first kappa shape index (κ1) is 18.3. The molecule has 5 heteroatoms. The van der Waals surface area contributed by atoms with Gasteiger partial charge >= 0.3 is 0 Å². The minimum Gasteiger partial charge on any atom is -0.316 e. The van der Waals surface area contributed by atoms with Crippen LogP contribution in [0.4, 0.5) is 4.39 Å². The zero-order valence-corrected chi connectivity index (χ0v) is 15.7. The van der Waals surface area contributed by atoms with Gasteiger partial charge in [-0.1, -0.05) is 41.4 Å². The highest BCUT2D eigenvalue weighted by atomic mass is 35.5. The fourth-order valence-electron chi connectivity index (χ4n) is 2.97. The van der Waals surface area contributed by atoms with E-state index >= 15 is 0 Å². The number of nitrogens with zero attached hydrogens (tertiary/aromatic N) is 2. The Morgan fingerprint density at radius 1 is 1.12 bits per heavy atom. The summed E-state index contributed by atoms with van der Waals surface area (Å²) in [7, 11) is 0. The van der Waals surface area contributed by atoms with Crippen LogP contribution in [0.25, 0.3) is 17.3 Å². The normalized spacial score (nSPS) is 11.5. The van der Waals surface area contributed by atoms with E-state index in [2.05, 4.69) is 6.07 Å². The number of rotatable bonds is 3. The molecular weight excluding hydrogens is 370 g/mol. The Kier molecular flexibility index (Phi) is 5.18. The number of halogens is 3. The molecule has 0 atom stereocenters. The third kappa shape index (κ3) is 3.39. The maximum Gasteiger partial charge on any atom is 0.131 e. The molecule has 130 valence electrons. The first-order valence-corrected chi connectivity index (χ1v) is 8.69. The van der Waals surface area contributed by atoms with Gasteiger partial charge in [-0.05, 0) is 55.8 Å². The van der Waals surface area contributed by atoms with Crippen LogP contribution in [-0.4, -0.2) is 4.57 Å². The molecule has 26 heavy (non-hydrogen) atoms. The summed E-state index contributed by atoms with van der Waals surface area (Å²) in [5.74, 6) is -0.421. The van der Waals surface area contributed by atoms with Crippen LogP contribution in [0, 0.1) is 31.0 Å². The largest absolute Gasteiger partial charge is 0.316 e. The molecular formula is C21H15Cl2FN2. The summed E-state index contributed by atoms with van der Waals surface area (Å²) in [6, 6.07) is 15.6. The van der Waals surface area contributed by atoms with E-state index in [0.29, 0.717) is 10.0 Å². The number of nitriles is 1. The number of hydrogen-bond acceptors (Lipinski definition) is 1. The van der Waals surface area contributed by atoms with Crippen molar-refractivity contribution in [3.63, 3.8) is 0 Å². The minimum absolute atomic E-state index is 0.269. The van der Waals surface area contributed by atoms with E-state index in [0.717, 1.165) is 22.6 Å². The molecule has 0 spiro atoms. The van der Waals surface area contributed by atoms with Crippen LogP contribution in [0.2, 0.25) is 10.0 Å². The fraction of sp³-hybridized carbons (Fsp3) is 0.0952. The number of aromatic nitrogens is 1. The van der Waals surface area contributed by atoms with Crippen molar-refractivity contribution in [2.24, 2.45) is 0 Å². The Morgan fingerprint density at radius 2 is 1.85 bits per heavy atom. The summed E-state index contributed by atoms with van der Waals surface area (Å²) < 4.78 is 16.0. The number of allylic oxidation sites excluding steroid dienone is 1. The van der Waals surface area contributed by atoms with Crippen molar-refractivity contribution in [2.75, 3.05) is 0 Å². The van der Waals surface area contributed by atoms with E-state index in [9.17, 15) is 9.65 Å². The molecule has 0 aliphatic heterocycles. The lowest BCUT2D eigenvalue weighted by molar-refractivity contribution is 0.624. The topological polar surface area (TPSA) is 28.7 Å². The smallest absolute Gasteiger partial charge is 0.131 e. The van der Waals surface area contributed by atoms with Crippen LogP contribution in [0.3, 0.4) is 0 Å². The van der Waals surface area contributed by atoms with Crippen molar-refractivity contribution >= 4 is 34.9 Å². The fourth-order valence-corrected chi connectivity index (χ4v) is 3.47. The van der Waals surface area contributed by atoms with Crippen molar-refractivity contribution in [1.29, 1.82) is 5.26 Å². The molecule has 1 heterocycles. The second-order valence-corrected chi connectivity index (χ2v) is 6.75. The molecule has 0 amide bonds. The number of benzene rings is 2. The van der Waals surface area contributed by atoms with Gasteiger partial charge in [0.25, 0.3) is 0 Å². The lowest BCUT2D eigenvalue weighted by atomic mass is 10.0. The lowest BCUT2D eigenvalue weighted by Gasteiger charge is -2.12. The van der Waals surface area contributed by atoms with Gasteiger partial charge in [0.15, 0.2) is 0 Å². The van der Waals surface area contributed by atoms with Crippen molar-refractivity contribution in [2.45, 2.75) is 13.8 Å². The summed E-state index contributed by atoms with van der Waals surface area (Å²) >= 11 is 12.3. The van der Waals surface area contributed by atoms with Gasteiger partial charge in [0.1, 0.15) is 5.82 Å². The molecule has 0 N–H and O–H groups in total. The highest BCUT2D eigenvalue weighted by molar-refractivity contribution is 6.35. The van der Waals surface area contributed by atoms with Gasteiger partial charge in [0.2, 0.25) is 0 Å². The van der Waals surface area contributed by atoms with Gasteiger partial charge < -0.3 is 4.57 Å². The van der Waals surface area contributed by atoms with E-state index in [1.807, 2.05) is 30.5 Å². The van der Waals surface area contributed by atoms with Crippen LogP contribution < -0.4 is 0 Å². The zero-order valence-electron chi connectivity index (χ0n) is 14.2. The minimum atomic E-state index is -0.421. The van der Waals surface area contributed by atoms with Crippen molar-refractivity contribution in [3.05, 3.63) is 86.9 Å². The van der Waals surface area contributed by atoms with Gasteiger partial charge in [-0.2, -0.15) is 5.26 Å². The van der Waals surface area contributed by atoms with E-state index < -0.39 is 5.82 Å². The van der Waals surface area contributed by atoms with Gasteiger partial charge in [0, 0.05) is 22.0 Å². The first-order valence-electron chi connectivity index (χ1n) is 7.93. The van der Waals surface area contributed by atoms with Crippen molar-refractivity contribution in [1.82, 2.24) is 4.57 Å². The van der Waals surface area contributed by atoms with Crippen molar-refractivity contribution < 1.29 is 4.39 Å². The summed E-state index contributed by atoms with van der Waals surface area (Å²) in [6.07, 6.45) is 1.70. The first-order chi connectivity index (χ1) is 12.4. The van der Waals surface area contributed by atoms with E-state index in [1.165, 1.54) is 6.07 Å². The number of aryl methyl sites for hydroxylation is 1. The Labute approximate surface area is 161 Å². The summed E-state index contributed by atoms with van der Waals surface area (Å²) in [5.41, 5.74) is 4.03. The van der Waals surface area contributed by atoms with Gasteiger partial charge in [-0.3, -0.25) is 0 Å². The molecule has 0 fully saturated rings. The summed E-state index contributed by atoms with van der Waals surface area (Å²) in [6.45, 7) is 3.88. The Balaban J connectivity index is 2.14. The Morgan fingerprint density at radius 3 is 2.50 bits per heavy atom. The van der Waals surface area contributed by atoms with E-state index in [-0.39, 0.29) is 11.1 Å². The third-order valence-electron chi connectivity index (χ3n) is 4.21. The second kappa shape index (κ2) is 7.37. The second-order valence-electron chi connectivity index (χ2n) is 5.91. The molecule has 1 aromatic heterocycles. The van der Waals surface area contributed by atoms with Crippen LogP contribution in [-0.2, 0) is 0 Å². The third-order valence-corrected chi connectivity index (χ3v) is 4.74. The van der Waals surface area contributed by atoms with Crippen LogP contribution >= 0.6 is 23.2 Å².